The highest BCUT2D eigenvalue weighted by atomic mass is 35.5. The third-order valence-corrected chi connectivity index (χ3v) is 2.96. The van der Waals surface area contributed by atoms with Crippen LogP contribution in [-0.2, 0) is 0 Å². The van der Waals surface area contributed by atoms with E-state index < -0.39 is 5.06 Å². The summed E-state index contributed by atoms with van der Waals surface area (Å²) < 4.78 is 0. The van der Waals surface area contributed by atoms with E-state index in [0.29, 0.717) is 16.2 Å². The zero-order valence-corrected chi connectivity index (χ0v) is 9.83. The van der Waals surface area contributed by atoms with Gasteiger partial charge in [0.1, 0.15) is 5.76 Å². The molecule has 0 saturated heterocycles. The molecule has 1 unspecified atom stereocenters. The van der Waals surface area contributed by atoms with Crippen molar-refractivity contribution < 1.29 is 10.2 Å². The summed E-state index contributed by atoms with van der Waals surface area (Å²) in [6, 6.07) is 9.00. The van der Waals surface area contributed by atoms with E-state index in [1.807, 2.05) is 18.2 Å². The van der Waals surface area contributed by atoms with Crippen LogP contribution in [0.2, 0.25) is 0 Å². The van der Waals surface area contributed by atoms with Gasteiger partial charge in [-0.15, -0.1) is 0 Å². The van der Waals surface area contributed by atoms with E-state index in [9.17, 15) is 10.2 Å². The largest absolute Gasteiger partial charge is 0.507 e. The van der Waals surface area contributed by atoms with Crippen LogP contribution in [0.1, 0.15) is 12.0 Å². The Morgan fingerprint density at radius 1 is 1.19 bits per heavy atom. The molecule has 0 radical (unpaired) electrons. The van der Waals surface area contributed by atoms with Crippen molar-refractivity contribution in [1.29, 1.82) is 0 Å². The van der Waals surface area contributed by atoms with Gasteiger partial charge in [0.15, 0.2) is 5.06 Å². The second-order valence-electron chi connectivity index (χ2n) is 3.65. The first-order valence-electron chi connectivity index (χ1n) is 4.77. The maximum Gasteiger partial charge on any atom is 0.173 e. The molecule has 0 fully saturated rings. The minimum absolute atomic E-state index is 0.0877. The molecule has 0 amide bonds. The van der Waals surface area contributed by atoms with E-state index in [0.717, 1.165) is 0 Å². The Morgan fingerprint density at radius 3 is 2.38 bits per heavy atom. The van der Waals surface area contributed by atoms with Crippen LogP contribution in [0.5, 0.6) is 0 Å². The Morgan fingerprint density at radius 2 is 1.81 bits per heavy atom. The van der Waals surface area contributed by atoms with Crippen molar-refractivity contribution in [3.63, 3.8) is 0 Å². The number of alkyl halides is 1. The molecule has 1 aliphatic carbocycles. The summed E-state index contributed by atoms with van der Waals surface area (Å²) in [7, 11) is 0. The highest BCUT2D eigenvalue weighted by Crippen LogP contribution is 2.42. The summed E-state index contributed by atoms with van der Waals surface area (Å²) >= 11 is 11.7. The molecule has 0 aliphatic heterocycles. The first-order chi connectivity index (χ1) is 7.50. The lowest BCUT2D eigenvalue weighted by atomic mass is 9.93. The van der Waals surface area contributed by atoms with E-state index >= 15 is 0 Å². The van der Waals surface area contributed by atoms with Gasteiger partial charge in [-0.3, -0.25) is 0 Å². The molecule has 1 aliphatic rings. The fourth-order valence-electron chi connectivity index (χ4n) is 1.75. The number of benzene rings is 1. The smallest absolute Gasteiger partial charge is 0.173 e. The Hall–Kier alpha value is -0.960. The van der Waals surface area contributed by atoms with Gasteiger partial charge in [-0.25, -0.2) is 0 Å². The molecule has 1 aromatic carbocycles. The van der Waals surface area contributed by atoms with Gasteiger partial charge in [0.2, 0.25) is 0 Å². The van der Waals surface area contributed by atoms with Crippen LogP contribution in [0.25, 0.3) is 5.57 Å². The fourth-order valence-corrected chi connectivity index (χ4v) is 2.47. The molecule has 0 saturated carbocycles. The Bertz CT molecular complexity index is 461. The monoisotopic (exact) mass is 256 g/mol. The summed E-state index contributed by atoms with van der Waals surface area (Å²) in [6.07, 6.45) is 1.49. The normalized spacial score (nSPS) is 25.6. The Kier molecular flexibility index (Phi) is 2.98. The zero-order chi connectivity index (χ0) is 11.8. The number of hydrogen-bond donors (Lipinski definition) is 2. The average molecular weight is 257 g/mol. The van der Waals surface area contributed by atoms with Gasteiger partial charge in [0, 0.05) is 17.0 Å². The summed E-state index contributed by atoms with van der Waals surface area (Å²) in [5.74, 6) is -0.0973. The van der Waals surface area contributed by atoms with E-state index in [4.69, 9.17) is 23.2 Å². The summed E-state index contributed by atoms with van der Waals surface area (Å²) in [5, 5.41) is 18.5. The van der Waals surface area contributed by atoms with Gasteiger partial charge in [-0.1, -0.05) is 53.5 Å². The van der Waals surface area contributed by atoms with Gasteiger partial charge >= 0.3 is 0 Å². The van der Waals surface area contributed by atoms with Crippen LogP contribution in [0.3, 0.4) is 0 Å². The molecular formula is C12H10Cl2O2. The molecule has 16 heavy (non-hydrogen) atoms. The molecule has 4 heteroatoms. The van der Waals surface area contributed by atoms with E-state index in [1.165, 1.54) is 6.08 Å². The summed E-state index contributed by atoms with van der Waals surface area (Å²) in [5.41, 5.74) is 0.970. The van der Waals surface area contributed by atoms with Crippen molar-refractivity contribution in [2.45, 2.75) is 11.5 Å². The maximum atomic E-state index is 10.1. The Balaban J connectivity index is 2.57. The van der Waals surface area contributed by atoms with Crippen molar-refractivity contribution in [3.05, 3.63) is 52.8 Å². The quantitative estimate of drug-likeness (QED) is 0.757. The van der Waals surface area contributed by atoms with Crippen molar-refractivity contribution in [2.24, 2.45) is 0 Å². The molecule has 1 atom stereocenters. The third-order valence-electron chi connectivity index (χ3n) is 2.40. The maximum absolute atomic E-state index is 10.1. The lowest BCUT2D eigenvalue weighted by Crippen LogP contribution is -2.26. The average Bonchev–Trinajstić information content (AvgIpc) is 2.15. The third kappa shape index (κ3) is 2.09. The van der Waals surface area contributed by atoms with Crippen LogP contribution < -0.4 is 0 Å². The molecule has 2 nitrogen and oxygen atoms in total. The predicted octanol–water partition coefficient (Wildman–Crippen LogP) is 3.41. The molecule has 1 aromatic rings. The van der Waals surface area contributed by atoms with E-state index in [-0.39, 0.29) is 12.2 Å². The Labute approximate surface area is 103 Å². The number of hydrogen-bond acceptors (Lipinski definition) is 2. The molecule has 0 heterocycles. The lowest BCUT2D eigenvalue weighted by Gasteiger charge is -2.28. The molecule has 84 valence electrons. The van der Waals surface area contributed by atoms with E-state index in [2.05, 4.69) is 0 Å². The topological polar surface area (TPSA) is 40.5 Å². The minimum atomic E-state index is -1.66. The van der Waals surface area contributed by atoms with Crippen molar-refractivity contribution in [1.82, 2.24) is 0 Å². The van der Waals surface area contributed by atoms with Gasteiger partial charge in [0.05, 0.1) is 0 Å². The highest BCUT2D eigenvalue weighted by Gasteiger charge is 2.36. The van der Waals surface area contributed by atoms with Crippen molar-refractivity contribution >= 4 is 28.8 Å². The van der Waals surface area contributed by atoms with Crippen LogP contribution in [0, 0.1) is 0 Å². The standard InChI is InChI=1S/C12H10Cl2O2/c13-9-6-10(15)11(12(14,16)7-9)8-4-2-1-3-5-8/h1-6,15-16H,7H2. The lowest BCUT2D eigenvalue weighted by molar-refractivity contribution is 0.185. The van der Waals surface area contributed by atoms with Crippen LogP contribution in [0.15, 0.2) is 47.2 Å². The molecular weight excluding hydrogens is 247 g/mol. The molecule has 0 aromatic heterocycles. The number of aliphatic hydroxyl groups is 2. The number of rotatable bonds is 1. The molecule has 2 N–H and O–H groups in total. The van der Waals surface area contributed by atoms with Crippen LogP contribution in [-0.4, -0.2) is 15.3 Å². The van der Waals surface area contributed by atoms with Gasteiger partial charge in [-0.2, -0.15) is 0 Å². The molecule has 0 spiro atoms. The minimum Gasteiger partial charge on any atom is -0.507 e. The number of allylic oxidation sites excluding steroid dienone is 1. The van der Waals surface area contributed by atoms with E-state index in [1.54, 1.807) is 12.1 Å². The molecule has 2 rings (SSSR count). The first kappa shape index (κ1) is 11.5. The number of halogens is 2. The summed E-state index contributed by atoms with van der Waals surface area (Å²) in [6.45, 7) is 0. The van der Waals surface area contributed by atoms with Crippen LogP contribution >= 0.6 is 23.2 Å². The van der Waals surface area contributed by atoms with Crippen molar-refractivity contribution in [2.75, 3.05) is 0 Å². The summed E-state index contributed by atoms with van der Waals surface area (Å²) in [4.78, 5) is 0. The zero-order valence-electron chi connectivity index (χ0n) is 8.32. The highest BCUT2D eigenvalue weighted by molar-refractivity contribution is 6.34. The van der Waals surface area contributed by atoms with Crippen LogP contribution in [0.4, 0.5) is 0 Å². The first-order valence-corrected chi connectivity index (χ1v) is 5.53. The van der Waals surface area contributed by atoms with Gasteiger partial charge < -0.3 is 10.2 Å². The van der Waals surface area contributed by atoms with Gasteiger partial charge in [-0.05, 0) is 11.6 Å². The number of aliphatic hydroxyl groups excluding tert-OH is 1. The van der Waals surface area contributed by atoms with Crippen molar-refractivity contribution in [3.8, 4) is 0 Å². The fraction of sp³-hybridized carbons (Fsp3) is 0.167. The second kappa shape index (κ2) is 4.13. The predicted molar refractivity (Wildman–Crippen MR) is 65.3 cm³/mol. The SMILES string of the molecule is OC1=C(c2ccccc2)C(O)(Cl)CC(Cl)=C1. The molecule has 0 bridgehead atoms. The second-order valence-corrected chi connectivity index (χ2v) is 4.76. The van der Waals surface area contributed by atoms with Gasteiger partial charge in [0.25, 0.3) is 0 Å².